The second-order valence-electron chi connectivity index (χ2n) is 4.94. The van der Waals surface area contributed by atoms with Crippen molar-refractivity contribution in [2.75, 3.05) is 11.2 Å². The van der Waals surface area contributed by atoms with E-state index in [1.165, 1.54) is 12.8 Å². The summed E-state index contributed by atoms with van der Waals surface area (Å²) < 4.78 is 0.892. The zero-order chi connectivity index (χ0) is 12.3. The van der Waals surface area contributed by atoms with Crippen LogP contribution >= 0.6 is 27.5 Å². The van der Waals surface area contributed by atoms with Crippen molar-refractivity contribution in [3.05, 3.63) is 17.0 Å². The van der Waals surface area contributed by atoms with Gasteiger partial charge in [-0.25, -0.2) is 9.97 Å². The van der Waals surface area contributed by atoms with Crippen LogP contribution in [-0.2, 0) is 0 Å². The van der Waals surface area contributed by atoms with E-state index in [2.05, 4.69) is 38.1 Å². The molecule has 1 fully saturated rings. The van der Waals surface area contributed by atoms with Crippen LogP contribution in [0.4, 0.5) is 5.82 Å². The predicted molar refractivity (Wildman–Crippen MR) is 74.4 cm³/mol. The van der Waals surface area contributed by atoms with Crippen LogP contribution in [0, 0.1) is 5.92 Å². The summed E-state index contributed by atoms with van der Waals surface area (Å²) in [5.74, 6) is 2.27. The molecule has 0 spiro atoms. The monoisotopic (exact) mass is 317 g/mol. The van der Waals surface area contributed by atoms with Gasteiger partial charge < -0.3 is 5.32 Å². The number of halogens is 2. The van der Waals surface area contributed by atoms with Gasteiger partial charge in [-0.15, -0.1) is 11.6 Å². The van der Waals surface area contributed by atoms with Gasteiger partial charge in [0, 0.05) is 12.1 Å². The van der Waals surface area contributed by atoms with E-state index in [1.54, 1.807) is 12.5 Å². The molecular formula is C12H17BrClN3. The van der Waals surface area contributed by atoms with Crippen molar-refractivity contribution in [1.82, 2.24) is 9.97 Å². The number of anilines is 1. The molecule has 5 heteroatoms. The van der Waals surface area contributed by atoms with Crippen LogP contribution in [0.25, 0.3) is 0 Å². The van der Waals surface area contributed by atoms with Crippen molar-refractivity contribution in [2.24, 2.45) is 5.92 Å². The number of nitrogens with one attached hydrogen (secondary N) is 1. The van der Waals surface area contributed by atoms with Gasteiger partial charge in [0.15, 0.2) is 0 Å². The first-order valence-electron chi connectivity index (χ1n) is 5.95. The SMILES string of the molecule is CC1CCC(CCl)(Nc2ncncc2Br)CC1. The third-order valence-electron chi connectivity index (χ3n) is 3.54. The first kappa shape index (κ1) is 13.1. The maximum atomic E-state index is 6.17. The highest BCUT2D eigenvalue weighted by Crippen LogP contribution is 2.36. The van der Waals surface area contributed by atoms with Gasteiger partial charge in [0.25, 0.3) is 0 Å². The largest absolute Gasteiger partial charge is 0.362 e. The minimum Gasteiger partial charge on any atom is -0.362 e. The molecule has 3 nitrogen and oxygen atoms in total. The van der Waals surface area contributed by atoms with Crippen LogP contribution in [-0.4, -0.2) is 21.4 Å². The predicted octanol–water partition coefficient (Wildman–Crippen LogP) is 3.84. The average Bonchev–Trinajstić information content (AvgIpc) is 2.35. The van der Waals surface area contributed by atoms with Crippen molar-refractivity contribution in [3.8, 4) is 0 Å². The minimum atomic E-state index is -0.00899. The first-order valence-corrected chi connectivity index (χ1v) is 7.28. The van der Waals surface area contributed by atoms with Gasteiger partial charge in [0.1, 0.15) is 12.1 Å². The van der Waals surface area contributed by atoms with Gasteiger partial charge >= 0.3 is 0 Å². The number of aromatic nitrogens is 2. The maximum absolute atomic E-state index is 6.17. The Bertz CT molecular complexity index is 378. The van der Waals surface area contributed by atoms with E-state index in [0.717, 1.165) is 29.1 Å². The first-order chi connectivity index (χ1) is 8.15. The molecule has 1 aliphatic carbocycles. The third-order valence-corrected chi connectivity index (χ3v) is 4.63. The molecule has 0 radical (unpaired) electrons. The third kappa shape index (κ3) is 3.10. The van der Waals surface area contributed by atoms with E-state index in [4.69, 9.17) is 11.6 Å². The molecule has 0 aromatic carbocycles. The fourth-order valence-corrected chi connectivity index (χ4v) is 2.92. The number of hydrogen-bond donors (Lipinski definition) is 1. The molecule has 0 saturated heterocycles. The van der Waals surface area contributed by atoms with Crippen molar-refractivity contribution in [3.63, 3.8) is 0 Å². The van der Waals surface area contributed by atoms with Crippen LogP contribution in [0.2, 0.25) is 0 Å². The van der Waals surface area contributed by atoms with E-state index in [0.29, 0.717) is 5.88 Å². The molecule has 1 aromatic rings. The second kappa shape index (κ2) is 5.53. The van der Waals surface area contributed by atoms with E-state index in [-0.39, 0.29) is 5.54 Å². The Morgan fingerprint density at radius 3 is 2.82 bits per heavy atom. The highest BCUT2D eigenvalue weighted by atomic mass is 79.9. The van der Waals surface area contributed by atoms with Crippen LogP contribution in [0.5, 0.6) is 0 Å². The Morgan fingerprint density at radius 1 is 1.53 bits per heavy atom. The van der Waals surface area contributed by atoms with Gasteiger partial charge in [0.05, 0.1) is 10.0 Å². The molecule has 0 amide bonds. The number of rotatable bonds is 3. The number of hydrogen-bond acceptors (Lipinski definition) is 3. The molecule has 0 aliphatic heterocycles. The highest BCUT2D eigenvalue weighted by molar-refractivity contribution is 9.10. The molecule has 0 atom stereocenters. The Kier molecular flexibility index (Phi) is 4.26. The van der Waals surface area contributed by atoms with E-state index in [9.17, 15) is 0 Å². The zero-order valence-electron chi connectivity index (χ0n) is 9.92. The summed E-state index contributed by atoms with van der Waals surface area (Å²) in [5.41, 5.74) is -0.00899. The summed E-state index contributed by atoms with van der Waals surface area (Å²) in [4.78, 5) is 8.22. The highest BCUT2D eigenvalue weighted by Gasteiger charge is 2.34. The molecule has 0 unspecified atom stereocenters. The van der Waals surface area contributed by atoms with E-state index < -0.39 is 0 Å². The molecule has 1 N–H and O–H groups in total. The van der Waals surface area contributed by atoms with Gasteiger partial charge in [0.2, 0.25) is 0 Å². The summed E-state index contributed by atoms with van der Waals surface area (Å²) in [6.07, 6.45) is 7.97. The fourth-order valence-electron chi connectivity index (χ4n) is 2.26. The standard InChI is InChI=1S/C12H17BrClN3/c1-9-2-4-12(7-14,5-3-9)17-11-10(13)6-15-8-16-11/h6,8-9H,2-5,7H2,1H3,(H,15,16,17). The van der Waals surface area contributed by atoms with Crippen LogP contribution in [0.3, 0.4) is 0 Å². The van der Waals surface area contributed by atoms with Gasteiger partial charge in [-0.1, -0.05) is 6.92 Å². The Hall–Kier alpha value is -0.350. The Balaban J connectivity index is 2.12. The van der Waals surface area contributed by atoms with Crippen molar-refractivity contribution in [1.29, 1.82) is 0 Å². The molecule has 1 aromatic heterocycles. The van der Waals surface area contributed by atoms with Crippen LogP contribution in [0.1, 0.15) is 32.6 Å². The Labute approximate surface area is 116 Å². The number of alkyl halides is 1. The lowest BCUT2D eigenvalue weighted by atomic mass is 9.78. The molecule has 2 rings (SSSR count). The molecule has 17 heavy (non-hydrogen) atoms. The smallest absolute Gasteiger partial charge is 0.144 e. The molecular weight excluding hydrogens is 302 g/mol. The zero-order valence-corrected chi connectivity index (χ0v) is 12.3. The fraction of sp³-hybridized carbons (Fsp3) is 0.667. The van der Waals surface area contributed by atoms with Gasteiger partial charge in [-0.05, 0) is 47.5 Å². The lowest BCUT2D eigenvalue weighted by Gasteiger charge is -2.39. The van der Waals surface area contributed by atoms with E-state index in [1.807, 2.05) is 0 Å². The minimum absolute atomic E-state index is 0.00899. The lowest BCUT2D eigenvalue weighted by molar-refractivity contribution is 0.286. The van der Waals surface area contributed by atoms with Crippen LogP contribution < -0.4 is 5.32 Å². The van der Waals surface area contributed by atoms with Gasteiger partial charge in [-0.2, -0.15) is 0 Å². The summed E-state index contributed by atoms with van der Waals surface area (Å²) in [6.45, 7) is 2.30. The lowest BCUT2D eigenvalue weighted by Crippen LogP contribution is -2.43. The molecule has 1 heterocycles. The maximum Gasteiger partial charge on any atom is 0.144 e. The topological polar surface area (TPSA) is 37.8 Å². The molecule has 0 bridgehead atoms. The quantitative estimate of drug-likeness (QED) is 0.861. The van der Waals surface area contributed by atoms with E-state index >= 15 is 0 Å². The van der Waals surface area contributed by atoms with Crippen LogP contribution in [0.15, 0.2) is 17.0 Å². The van der Waals surface area contributed by atoms with Gasteiger partial charge in [-0.3, -0.25) is 0 Å². The average molecular weight is 319 g/mol. The summed E-state index contributed by atoms with van der Waals surface area (Å²) in [5, 5.41) is 3.50. The molecule has 94 valence electrons. The number of nitrogens with zero attached hydrogens (tertiary/aromatic N) is 2. The van der Waals surface area contributed by atoms with Crippen molar-refractivity contribution in [2.45, 2.75) is 38.1 Å². The summed E-state index contributed by atoms with van der Waals surface area (Å²) in [6, 6.07) is 0. The Morgan fingerprint density at radius 2 is 2.24 bits per heavy atom. The van der Waals surface area contributed by atoms with Crippen molar-refractivity contribution >= 4 is 33.3 Å². The second-order valence-corrected chi connectivity index (χ2v) is 6.06. The molecule has 1 saturated carbocycles. The van der Waals surface area contributed by atoms with Crippen molar-refractivity contribution < 1.29 is 0 Å². The summed E-state index contributed by atoms with van der Waals surface area (Å²) >= 11 is 9.62. The molecule has 1 aliphatic rings. The normalized spacial score (nSPS) is 29.0. The summed E-state index contributed by atoms with van der Waals surface area (Å²) in [7, 11) is 0.